The van der Waals surface area contributed by atoms with E-state index in [1.807, 2.05) is 0 Å². The molecule has 2 unspecified atom stereocenters. The zero-order valence-electron chi connectivity index (χ0n) is 10.5. The highest BCUT2D eigenvalue weighted by atomic mass is 79.9. The quantitative estimate of drug-likeness (QED) is 0.818. The van der Waals surface area contributed by atoms with Gasteiger partial charge in [-0.3, -0.25) is 4.79 Å². The Hall–Kier alpha value is -0.610. The Morgan fingerprint density at radius 1 is 1.42 bits per heavy atom. The summed E-state index contributed by atoms with van der Waals surface area (Å²) in [4.78, 5) is 11.9. The van der Waals surface area contributed by atoms with Crippen LogP contribution in [0.4, 0.5) is 4.39 Å². The first-order chi connectivity index (χ1) is 9.04. The summed E-state index contributed by atoms with van der Waals surface area (Å²) in [6.45, 7) is 0.607. The molecule has 2 nitrogen and oxygen atoms in total. The number of alkyl halides is 1. The second-order valence-electron chi connectivity index (χ2n) is 5.00. The van der Waals surface area contributed by atoms with Gasteiger partial charge in [0.25, 0.3) is 5.91 Å². The number of amides is 1. The summed E-state index contributed by atoms with van der Waals surface area (Å²) in [6, 6.07) is 4.19. The second kappa shape index (κ2) is 6.71. The molecule has 1 aromatic carbocycles. The first-order valence-electron chi connectivity index (χ1n) is 6.43. The number of rotatable bonds is 3. The molecule has 5 heteroatoms. The maximum atomic E-state index is 13.2. The Bertz CT molecular complexity index is 449. The molecule has 0 heterocycles. The number of hydrogen-bond donors (Lipinski definition) is 1. The number of carbonyl (C=O) groups is 1. The van der Waals surface area contributed by atoms with E-state index >= 15 is 0 Å². The number of halogens is 3. The van der Waals surface area contributed by atoms with Crippen LogP contribution in [-0.2, 0) is 0 Å². The third-order valence-corrected chi connectivity index (χ3v) is 4.25. The number of carbonyl (C=O) groups excluding carboxylic acids is 1. The van der Waals surface area contributed by atoms with Gasteiger partial charge in [0, 0.05) is 22.0 Å². The molecule has 2 atom stereocenters. The Morgan fingerprint density at radius 3 is 2.89 bits per heavy atom. The van der Waals surface area contributed by atoms with Crippen LogP contribution in [0.3, 0.4) is 0 Å². The maximum Gasteiger partial charge on any atom is 0.251 e. The van der Waals surface area contributed by atoms with Gasteiger partial charge in [-0.2, -0.15) is 0 Å². The molecular weight excluding hydrogens is 333 g/mol. The minimum absolute atomic E-state index is 0.221. The van der Waals surface area contributed by atoms with Crippen LogP contribution in [0.25, 0.3) is 0 Å². The lowest BCUT2D eigenvalue weighted by Gasteiger charge is -2.25. The molecule has 0 aromatic heterocycles. The van der Waals surface area contributed by atoms with Crippen molar-refractivity contribution in [2.24, 2.45) is 5.92 Å². The van der Waals surface area contributed by atoms with Crippen molar-refractivity contribution in [2.45, 2.75) is 31.1 Å². The summed E-state index contributed by atoms with van der Waals surface area (Å²) in [6.07, 6.45) is 4.20. The second-order valence-corrected chi connectivity index (χ2v) is 6.53. The van der Waals surface area contributed by atoms with Crippen LogP contribution in [0.2, 0.25) is 0 Å². The van der Waals surface area contributed by atoms with Crippen molar-refractivity contribution in [3.8, 4) is 0 Å². The zero-order valence-corrected chi connectivity index (χ0v) is 12.8. The average Bonchev–Trinajstić information content (AvgIpc) is 2.35. The monoisotopic (exact) mass is 347 g/mol. The van der Waals surface area contributed by atoms with E-state index in [9.17, 15) is 9.18 Å². The summed E-state index contributed by atoms with van der Waals surface area (Å²) in [5.74, 6) is -0.230. The predicted molar refractivity (Wildman–Crippen MR) is 78.0 cm³/mol. The smallest absolute Gasteiger partial charge is 0.251 e. The third kappa shape index (κ3) is 4.46. The molecule has 0 saturated heterocycles. The highest BCUT2D eigenvalue weighted by Crippen LogP contribution is 2.27. The van der Waals surface area contributed by atoms with Crippen LogP contribution >= 0.6 is 27.5 Å². The molecule has 1 fully saturated rings. The van der Waals surface area contributed by atoms with Gasteiger partial charge in [-0.05, 0) is 43.4 Å². The summed E-state index contributed by atoms with van der Waals surface area (Å²) in [5.41, 5.74) is 0.338. The maximum absolute atomic E-state index is 13.2. The Kier molecular flexibility index (Phi) is 5.22. The van der Waals surface area contributed by atoms with Crippen LogP contribution in [0.1, 0.15) is 36.0 Å². The number of hydrogen-bond acceptors (Lipinski definition) is 1. The Balaban J connectivity index is 1.90. The van der Waals surface area contributed by atoms with Gasteiger partial charge in [0.15, 0.2) is 0 Å². The molecular formula is C14H16BrClFNO. The van der Waals surface area contributed by atoms with Crippen molar-refractivity contribution in [2.75, 3.05) is 6.54 Å². The average molecular weight is 349 g/mol. The van der Waals surface area contributed by atoms with Crippen LogP contribution in [0.5, 0.6) is 0 Å². The lowest BCUT2D eigenvalue weighted by molar-refractivity contribution is 0.0943. The van der Waals surface area contributed by atoms with Crippen molar-refractivity contribution in [3.05, 3.63) is 34.1 Å². The normalized spacial score (nSPS) is 23.1. The fourth-order valence-corrected chi connectivity index (χ4v) is 3.31. The Labute approximate surface area is 125 Å². The van der Waals surface area contributed by atoms with Crippen molar-refractivity contribution < 1.29 is 9.18 Å². The molecule has 1 aromatic rings. The molecule has 0 radical (unpaired) electrons. The number of nitrogens with one attached hydrogen (secondary N) is 1. The van der Waals surface area contributed by atoms with Gasteiger partial charge in [-0.1, -0.05) is 22.4 Å². The van der Waals surface area contributed by atoms with Crippen molar-refractivity contribution in [1.29, 1.82) is 0 Å². The summed E-state index contributed by atoms with van der Waals surface area (Å²) in [5, 5.41) is 3.08. The lowest BCUT2D eigenvalue weighted by Crippen LogP contribution is -2.32. The summed E-state index contributed by atoms with van der Waals surface area (Å²) >= 11 is 9.30. The largest absolute Gasteiger partial charge is 0.352 e. The SMILES string of the molecule is O=C(NCC1CCCC(Cl)C1)c1cc(F)cc(Br)c1. The van der Waals surface area contributed by atoms with Crippen LogP contribution in [0, 0.1) is 11.7 Å². The molecule has 1 amide bonds. The van der Waals surface area contributed by atoms with E-state index in [2.05, 4.69) is 21.2 Å². The molecule has 0 bridgehead atoms. The molecule has 2 rings (SSSR count). The van der Waals surface area contributed by atoms with E-state index in [0.717, 1.165) is 25.7 Å². The molecule has 1 N–H and O–H groups in total. The van der Waals surface area contributed by atoms with Crippen LogP contribution in [-0.4, -0.2) is 17.8 Å². The molecule has 1 aliphatic carbocycles. The summed E-state index contributed by atoms with van der Waals surface area (Å²) in [7, 11) is 0. The molecule has 0 aliphatic heterocycles. The van der Waals surface area contributed by atoms with Gasteiger partial charge in [0.05, 0.1) is 0 Å². The summed E-state index contributed by atoms with van der Waals surface area (Å²) < 4.78 is 13.8. The highest BCUT2D eigenvalue weighted by molar-refractivity contribution is 9.10. The van der Waals surface area contributed by atoms with Gasteiger partial charge >= 0.3 is 0 Å². The predicted octanol–water partition coefficient (Wildman–Crippen LogP) is 4.12. The zero-order chi connectivity index (χ0) is 13.8. The Morgan fingerprint density at radius 2 is 2.21 bits per heavy atom. The van der Waals surface area contributed by atoms with Gasteiger partial charge in [-0.15, -0.1) is 11.6 Å². The van der Waals surface area contributed by atoms with Crippen LogP contribution < -0.4 is 5.32 Å². The van der Waals surface area contributed by atoms with Gasteiger partial charge < -0.3 is 5.32 Å². The number of benzene rings is 1. The first-order valence-corrected chi connectivity index (χ1v) is 7.66. The molecule has 1 saturated carbocycles. The van der Waals surface area contributed by atoms with E-state index in [4.69, 9.17) is 11.6 Å². The standard InChI is InChI=1S/C14H16BrClFNO/c15-11-5-10(6-13(17)7-11)14(19)18-8-9-2-1-3-12(16)4-9/h5-7,9,12H,1-4,8H2,(H,18,19). The minimum Gasteiger partial charge on any atom is -0.352 e. The van der Waals surface area contributed by atoms with E-state index in [-0.39, 0.29) is 11.3 Å². The van der Waals surface area contributed by atoms with Crippen LogP contribution in [0.15, 0.2) is 22.7 Å². The third-order valence-electron chi connectivity index (χ3n) is 3.39. The van der Waals surface area contributed by atoms with E-state index in [1.54, 1.807) is 6.07 Å². The highest BCUT2D eigenvalue weighted by Gasteiger charge is 2.20. The van der Waals surface area contributed by atoms with Gasteiger partial charge in [0.1, 0.15) is 5.82 Å². The van der Waals surface area contributed by atoms with E-state index in [1.165, 1.54) is 12.1 Å². The molecule has 104 valence electrons. The molecule has 0 spiro atoms. The lowest BCUT2D eigenvalue weighted by atomic mass is 9.89. The fraction of sp³-hybridized carbons (Fsp3) is 0.500. The first kappa shape index (κ1) is 14.8. The topological polar surface area (TPSA) is 29.1 Å². The minimum atomic E-state index is -0.419. The van der Waals surface area contributed by atoms with E-state index in [0.29, 0.717) is 22.5 Å². The van der Waals surface area contributed by atoms with Crippen molar-refractivity contribution in [1.82, 2.24) is 5.32 Å². The van der Waals surface area contributed by atoms with Crippen molar-refractivity contribution in [3.63, 3.8) is 0 Å². The molecule has 19 heavy (non-hydrogen) atoms. The molecule has 1 aliphatic rings. The van der Waals surface area contributed by atoms with Gasteiger partial charge in [0.2, 0.25) is 0 Å². The van der Waals surface area contributed by atoms with Crippen molar-refractivity contribution >= 4 is 33.4 Å². The van der Waals surface area contributed by atoms with Gasteiger partial charge in [-0.25, -0.2) is 4.39 Å². The fourth-order valence-electron chi connectivity index (χ4n) is 2.43. The van der Waals surface area contributed by atoms with E-state index < -0.39 is 5.82 Å².